The van der Waals surface area contributed by atoms with Crippen molar-refractivity contribution in [2.45, 2.75) is 33.2 Å². The van der Waals surface area contributed by atoms with Crippen molar-refractivity contribution >= 4 is 22.6 Å². The maximum absolute atomic E-state index is 11.1. The molecule has 0 radical (unpaired) electrons. The van der Waals surface area contributed by atoms with Gasteiger partial charge in [-0.05, 0) is 25.5 Å². The van der Waals surface area contributed by atoms with Gasteiger partial charge in [0, 0.05) is 6.92 Å². The Labute approximate surface area is 99.8 Å². The van der Waals surface area contributed by atoms with Gasteiger partial charge in [0.1, 0.15) is 5.52 Å². The van der Waals surface area contributed by atoms with Gasteiger partial charge in [-0.15, -0.1) is 5.10 Å². The van der Waals surface area contributed by atoms with Gasteiger partial charge >= 0.3 is 0 Å². The van der Waals surface area contributed by atoms with Crippen molar-refractivity contribution in [2.75, 3.05) is 5.32 Å². The number of anilines is 1. The van der Waals surface area contributed by atoms with E-state index in [2.05, 4.69) is 29.5 Å². The number of carbonyl (C=O) groups excluding carboxylic acids is 1. The van der Waals surface area contributed by atoms with Crippen LogP contribution in [0.5, 0.6) is 0 Å². The second-order valence-corrected chi connectivity index (χ2v) is 4.15. The zero-order valence-corrected chi connectivity index (χ0v) is 10.3. The van der Waals surface area contributed by atoms with Crippen LogP contribution in [0.25, 0.3) is 11.0 Å². The third-order valence-electron chi connectivity index (χ3n) is 2.82. The smallest absolute Gasteiger partial charge is 0.221 e. The van der Waals surface area contributed by atoms with E-state index >= 15 is 0 Å². The van der Waals surface area contributed by atoms with E-state index < -0.39 is 0 Å². The average Bonchev–Trinajstić information content (AvgIpc) is 2.72. The van der Waals surface area contributed by atoms with Gasteiger partial charge in [0.2, 0.25) is 5.91 Å². The number of carbonyl (C=O) groups is 1. The average molecular weight is 232 g/mol. The van der Waals surface area contributed by atoms with Crippen LogP contribution < -0.4 is 5.32 Å². The molecular weight excluding hydrogens is 216 g/mol. The lowest BCUT2D eigenvalue weighted by Crippen LogP contribution is -2.07. The molecule has 1 amide bonds. The van der Waals surface area contributed by atoms with Crippen molar-refractivity contribution in [3.63, 3.8) is 0 Å². The van der Waals surface area contributed by atoms with Gasteiger partial charge in [0.15, 0.2) is 0 Å². The molecule has 0 aliphatic heterocycles. The van der Waals surface area contributed by atoms with Gasteiger partial charge in [-0.1, -0.05) is 18.2 Å². The fourth-order valence-corrected chi connectivity index (χ4v) is 1.75. The number of rotatable bonds is 3. The van der Waals surface area contributed by atoms with E-state index in [1.54, 1.807) is 0 Å². The van der Waals surface area contributed by atoms with E-state index in [9.17, 15) is 4.79 Å². The fourth-order valence-electron chi connectivity index (χ4n) is 1.75. The number of aromatic nitrogens is 3. The monoisotopic (exact) mass is 232 g/mol. The van der Waals surface area contributed by atoms with Gasteiger partial charge in [0.05, 0.1) is 17.2 Å². The summed E-state index contributed by atoms with van der Waals surface area (Å²) in [5, 5.41) is 11.1. The van der Waals surface area contributed by atoms with Crippen LogP contribution in [-0.4, -0.2) is 20.9 Å². The summed E-state index contributed by atoms with van der Waals surface area (Å²) in [6.45, 7) is 5.69. The van der Waals surface area contributed by atoms with Crippen LogP contribution in [0.3, 0.4) is 0 Å². The zero-order valence-electron chi connectivity index (χ0n) is 10.3. The predicted octanol–water partition coefficient (Wildman–Crippen LogP) is 2.36. The van der Waals surface area contributed by atoms with Gasteiger partial charge in [0.25, 0.3) is 0 Å². The zero-order chi connectivity index (χ0) is 12.4. The van der Waals surface area contributed by atoms with Crippen LogP contribution >= 0.6 is 0 Å². The molecule has 0 aliphatic carbocycles. The fraction of sp³-hybridized carbons (Fsp3) is 0.417. The topological polar surface area (TPSA) is 59.8 Å². The molecule has 1 atom stereocenters. The molecule has 1 N–H and O–H groups in total. The van der Waals surface area contributed by atoms with Crippen LogP contribution in [0.1, 0.15) is 33.2 Å². The van der Waals surface area contributed by atoms with Crippen molar-refractivity contribution in [1.82, 2.24) is 15.0 Å². The van der Waals surface area contributed by atoms with E-state index in [4.69, 9.17) is 0 Å². The Kier molecular flexibility index (Phi) is 3.08. The Morgan fingerprint density at radius 1 is 1.53 bits per heavy atom. The summed E-state index contributed by atoms with van der Waals surface area (Å²) in [6, 6.07) is 6.00. The van der Waals surface area contributed by atoms with Crippen LogP contribution in [0.2, 0.25) is 0 Å². The minimum atomic E-state index is -0.101. The maximum atomic E-state index is 11.1. The molecule has 0 bridgehead atoms. The Morgan fingerprint density at radius 3 is 2.94 bits per heavy atom. The summed E-state index contributed by atoms with van der Waals surface area (Å²) in [4.78, 5) is 11.1. The predicted molar refractivity (Wildman–Crippen MR) is 66.8 cm³/mol. The standard InChI is InChI=1S/C12H16N4O/c1-4-8(2)16-11-7-5-6-10(13-9(3)17)12(11)14-15-16/h5-8H,4H2,1-3H3,(H,13,17). The molecule has 2 aromatic rings. The second kappa shape index (κ2) is 4.53. The highest BCUT2D eigenvalue weighted by Crippen LogP contribution is 2.23. The van der Waals surface area contributed by atoms with Crippen LogP contribution in [0.4, 0.5) is 5.69 Å². The molecule has 0 aliphatic rings. The molecule has 1 aromatic carbocycles. The summed E-state index contributed by atoms with van der Waals surface area (Å²) in [7, 11) is 0. The van der Waals surface area contributed by atoms with E-state index in [0.717, 1.165) is 17.5 Å². The van der Waals surface area contributed by atoms with Crippen LogP contribution in [-0.2, 0) is 4.79 Å². The molecule has 1 unspecified atom stereocenters. The Balaban J connectivity index is 2.52. The molecule has 17 heavy (non-hydrogen) atoms. The number of benzene rings is 1. The molecule has 2 rings (SSSR count). The largest absolute Gasteiger partial charge is 0.324 e. The summed E-state index contributed by atoms with van der Waals surface area (Å²) < 4.78 is 1.89. The highest BCUT2D eigenvalue weighted by molar-refractivity contribution is 5.98. The molecule has 5 heteroatoms. The third-order valence-corrected chi connectivity index (χ3v) is 2.82. The minimum Gasteiger partial charge on any atom is -0.324 e. The molecule has 5 nitrogen and oxygen atoms in total. The second-order valence-electron chi connectivity index (χ2n) is 4.15. The summed E-state index contributed by atoms with van der Waals surface area (Å²) in [5.41, 5.74) is 2.40. The Hall–Kier alpha value is -1.91. The van der Waals surface area contributed by atoms with Gasteiger partial charge < -0.3 is 5.32 Å². The molecule has 90 valence electrons. The number of nitrogens with zero attached hydrogens (tertiary/aromatic N) is 3. The van der Waals surface area contributed by atoms with E-state index in [-0.39, 0.29) is 5.91 Å². The SMILES string of the molecule is CCC(C)n1nnc2c(NC(C)=O)cccc21. The van der Waals surface area contributed by atoms with Crippen LogP contribution in [0, 0.1) is 0 Å². The van der Waals surface area contributed by atoms with Gasteiger partial charge in [-0.2, -0.15) is 0 Å². The first-order valence-corrected chi connectivity index (χ1v) is 5.75. The van der Waals surface area contributed by atoms with Gasteiger partial charge in [-0.25, -0.2) is 4.68 Å². The van der Waals surface area contributed by atoms with Crippen LogP contribution in [0.15, 0.2) is 18.2 Å². The summed E-state index contributed by atoms with van der Waals surface area (Å²) in [5.74, 6) is -0.101. The molecular formula is C12H16N4O. The highest BCUT2D eigenvalue weighted by atomic mass is 16.1. The maximum Gasteiger partial charge on any atom is 0.221 e. The number of amides is 1. The molecule has 1 aromatic heterocycles. The molecule has 0 saturated carbocycles. The first kappa shape index (κ1) is 11.6. The van der Waals surface area contributed by atoms with Crippen molar-refractivity contribution in [2.24, 2.45) is 0 Å². The molecule has 0 saturated heterocycles. The number of fused-ring (bicyclic) bond motifs is 1. The molecule has 1 heterocycles. The lowest BCUT2D eigenvalue weighted by Gasteiger charge is -2.09. The van der Waals surface area contributed by atoms with Gasteiger partial charge in [-0.3, -0.25) is 4.79 Å². The lowest BCUT2D eigenvalue weighted by molar-refractivity contribution is -0.114. The lowest BCUT2D eigenvalue weighted by atomic mass is 10.2. The Bertz CT molecular complexity index is 546. The summed E-state index contributed by atoms with van der Waals surface area (Å²) in [6.07, 6.45) is 0.989. The Morgan fingerprint density at radius 2 is 2.29 bits per heavy atom. The first-order valence-electron chi connectivity index (χ1n) is 5.75. The quantitative estimate of drug-likeness (QED) is 0.883. The summed E-state index contributed by atoms with van der Waals surface area (Å²) >= 11 is 0. The molecule has 0 spiro atoms. The van der Waals surface area contributed by atoms with Crippen molar-refractivity contribution in [3.05, 3.63) is 18.2 Å². The number of nitrogens with one attached hydrogen (secondary N) is 1. The number of hydrogen-bond acceptors (Lipinski definition) is 3. The van der Waals surface area contributed by atoms with E-state index in [1.165, 1.54) is 6.92 Å². The molecule has 0 fully saturated rings. The van der Waals surface area contributed by atoms with E-state index in [0.29, 0.717) is 11.7 Å². The number of hydrogen-bond donors (Lipinski definition) is 1. The van der Waals surface area contributed by atoms with Crippen molar-refractivity contribution < 1.29 is 4.79 Å². The van der Waals surface area contributed by atoms with Crippen molar-refractivity contribution in [1.29, 1.82) is 0 Å². The third kappa shape index (κ3) is 2.13. The first-order chi connectivity index (χ1) is 8.13. The minimum absolute atomic E-state index is 0.101. The highest BCUT2D eigenvalue weighted by Gasteiger charge is 2.12. The van der Waals surface area contributed by atoms with Crippen molar-refractivity contribution in [3.8, 4) is 0 Å². The normalized spacial score (nSPS) is 12.6. The van der Waals surface area contributed by atoms with E-state index in [1.807, 2.05) is 22.9 Å².